The number of H-pyrrole nitrogens is 1. The zero-order valence-electron chi connectivity index (χ0n) is 19.2. The highest BCUT2D eigenvalue weighted by Crippen LogP contribution is 2.46. The Labute approximate surface area is 182 Å². The average Bonchev–Trinajstić information content (AvgIpc) is 2.57. The third-order valence-electron chi connectivity index (χ3n) is 6.10. The Bertz CT molecular complexity index is 1120. The highest BCUT2D eigenvalue weighted by Gasteiger charge is 2.40. The maximum atomic E-state index is 12.6. The minimum Gasteiger partial charge on any atom is -0.493 e. The summed E-state index contributed by atoms with van der Waals surface area (Å²) in [7, 11) is 0. The van der Waals surface area contributed by atoms with Gasteiger partial charge < -0.3 is 10.2 Å². The van der Waals surface area contributed by atoms with Crippen molar-refractivity contribution in [2.45, 2.75) is 66.9 Å². The molecular formula is C24H33N3O4. The van der Waals surface area contributed by atoms with Crippen LogP contribution in [0.4, 0.5) is 0 Å². The lowest BCUT2D eigenvalue weighted by molar-refractivity contribution is -0.00472. The molecular weight excluding hydrogens is 394 g/mol. The van der Waals surface area contributed by atoms with Gasteiger partial charge in [0.15, 0.2) is 0 Å². The molecule has 1 aromatic carbocycles. The number of nitrogens with zero attached hydrogens (tertiary/aromatic N) is 2. The summed E-state index contributed by atoms with van der Waals surface area (Å²) < 4.78 is 1.13. The molecule has 1 fully saturated rings. The van der Waals surface area contributed by atoms with Crippen LogP contribution in [0, 0.1) is 31.6 Å². The van der Waals surface area contributed by atoms with Gasteiger partial charge in [-0.25, -0.2) is 9.36 Å². The monoisotopic (exact) mass is 427 g/mol. The van der Waals surface area contributed by atoms with Crippen LogP contribution in [0.25, 0.3) is 5.69 Å². The van der Waals surface area contributed by atoms with Crippen molar-refractivity contribution in [2.75, 3.05) is 6.54 Å². The number of hydrogen-bond acceptors (Lipinski definition) is 5. The lowest BCUT2D eigenvalue weighted by atomic mass is 9.63. The normalized spacial score (nSPS) is 23.4. The predicted octanol–water partition coefficient (Wildman–Crippen LogP) is 3.15. The van der Waals surface area contributed by atoms with Crippen molar-refractivity contribution in [1.29, 1.82) is 0 Å². The first kappa shape index (κ1) is 23.0. The van der Waals surface area contributed by atoms with E-state index >= 15 is 0 Å². The first-order valence-corrected chi connectivity index (χ1v) is 10.7. The van der Waals surface area contributed by atoms with E-state index in [9.17, 15) is 19.8 Å². The van der Waals surface area contributed by atoms with E-state index in [1.165, 1.54) is 6.21 Å². The largest absolute Gasteiger partial charge is 0.493 e. The number of aliphatic hydroxyl groups is 1. The molecule has 168 valence electrons. The molecule has 0 amide bonds. The summed E-state index contributed by atoms with van der Waals surface area (Å²) in [6.07, 6.45) is 3.25. The first-order chi connectivity index (χ1) is 14.3. The van der Waals surface area contributed by atoms with Crippen molar-refractivity contribution < 1.29 is 10.2 Å². The predicted molar refractivity (Wildman–Crippen MR) is 123 cm³/mol. The number of aromatic nitrogens is 2. The molecule has 0 saturated heterocycles. The van der Waals surface area contributed by atoms with Gasteiger partial charge in [0.05, 0.1) is 11.8 Å². The van der Waals surface area contributed by atoms with Crippen LogP contribution in [-0.2, 0) is 0 Å². The van der Waals surface area contributed by atoms with Crippen LogP contribution >= 0.6 is 0 Å². The Morgan fingerprint density at radius 1 is 1.16 bits per heavy atom. The van der Waals surface area contributed by atoms with Crippen LogP contribution in [0.3, 0.4) is 0 Å². The van der Waals surface area contributed by atoms with Crippen molar-refractivity contribution >= 4 is 6.21 Å². The second-order valence-electron chi connectivity index (χ2n) is 10.3. The van der Waals surface area contributed by atoms with Gasteiger partial charge in [-0.15, -0.1) is 0 Å². The van der Waals surface area contributed by atoms with Gasteiger partial charge in [0.25, 0.3) is 5.56 Å². The number of benzene rings is 1. The minimum atomic E-state index is -0.696. The number of rotatable bonds is 4. The lowest BCUT2D eigenvalue weighted by Crippen LogP contribution is -2.40. The van der Waals surface area contributed by atoms with E-state index in [0.29, 0.717) is 18.7 Å². The van der Waals surface area contributed by atoms with Crippen molar-refractivity contribution in [3.63, 3.8) is 0 Å². The summed E-state index contributed by atoms with van der Waals surface area (Å²) >= 11 is 0. The molecule has 2 aromatic rings. The Morgan fingerprint density at radius 3 is 2.35 bits per heavy atom. The quantitative estimate of drug-likeness (QED) is 0.652. The summed E-state index contributed by atoms with van der Waals surface area (Å²) in [4.78, 5) is 31.7. The van der Waals surface area contributed by atoms with Gasteiger partial charge >= 0.3 is 5.69 Å². The number of aliphatic imine (C=N–C) groups is 1. The van der Waals surface area contributed by atoms with Crippen molar-refractivity contribution in [3.8, 4) is 11.6 Å². The fraction of sp³-hybridized carbons (Fsp3) is 0.542. The molecule has 31 heavy (non-hydrogen) atoms. The molecule has 3 N–H and O–H groups in total. The number of aromatic hydroxyl groups is 1. The number of hydrogen-bond donors (Lipinski definition) is 3. The molecule has 1 aromatic heterocycles. The van der Waals surface area contributed by atoms with Crippen LogP contribution in [-0.4, -0.2) is 38.6 Å². The summed E-state index contributed by atoms with van der Waals surface area (Å²) in [6.45, 7) is 12.4. The van der Waals surface area contributed by atoms with Crippen LogP contribution < -0.4 is 11.2 Å². The number of aliphatic hydroxyl groups excluding tert-OH is 1. The van der Waals surface area contributed by atoms with Gasteiger partial charge in [-0.05, 0) is 62.0 Å². The molecule has 7 heteroatoms. The molecule has 2 atom stereocenters. The fourth-order valence-electron chi connectivity index (χ4n) is 5.44. The fourth-order valence-corrected chi connectivity index (χ4v) is 5.44. The third-order valence-corrected chi connectivity index (χ3v) is 6.10. The van der Waals surface area contributed by atoms with E-state index in [4.69, 9.17) is 0 Å². The number of nitrogens with one attached hydrogen (secondary N) is 1. The molecule has 1 aliphatic carbocycles. The molecule has 1 saturated carbocycles. The van der Waals surface area contributed by atoms with Crippen LogP contribution in [0.15, 0.2) is 26.7 Å². The van der Waals surface area contributed by atoms with E-state index in [1.807, 2.05) is 32.9 Å². The van der Waals surface area contributed by atoms with E-state index in [2.05, 4.69) is 30.7 Å². The Balaban J connectivity index is 2.00. The van der Waals surface area contributed by atoms with Gasteiger partial charge in [-0.3, -0.25) is 14.8 Å². The smallest absolute Gasteiger partial charge is 0.335 e. The van der Waals surface area contributed by atoms with Gasteiger partial charge in [-0.2, -0.15) is 0 Å². The van der Waals surface area contributed by atoms with Crippen molar-refractivity contribution in [3.05, 3.63) is 55.2 Å². The molecule has 0 bridgehead atoms. The van der Waals surface area contributed by atoms with Gasteiger partial charge in [0.2, 0.25) is 5.88 Å². The SMILES string of the molecule is Cc1cc(C)c(-n2c(O)c(C=NC[C@@]3(C)C[C@H](O)CC(C)(C)C3)c(=O)[nH]c2=O)c(C)c1. The zero-order chi connectivity index (χ0) is 23.1. The maximum Gasteiger partial charge on any atom is 0.335 e. The van der Waals surface area contributed by atoms with Crippen molar-refractivity contribution in [1.82, 2.24) is 9.55 Å². The third kappa shape index (κ3) is 4.82. The standard InChI is InChI=1S/C24H33N3O4/c1-14-7-15(2)19(16(3)8-14)27-21(30)18(20(29)26-22(27)31)11-25-13-24(6)10-17(28)9-23(4,5)12-24/h7-8,11,17,28,30H,9-10,12-13H2,1-6H3,(H,26,29,31)/t17-,24+/m1/s1. The second kappa shape index (κ2) is 8.11. The average molecular weight is 428 g/mol. The van der Waals surface area contributed by atoms with Crippen LogP contribution in [0.5, 0.6) is 5.88 Å². The molecule has 0 aliphatic heterocycles. The lowest BCUT2D eigenvalue weighted by Gasteiger charge is -2.44. The second-order valence-corrected chi connectivity index (χ2v) is 10.3. The molecule has 0 spiro atoms. The highest BCUT2D eigenvalue weighted by molar-refractivity contribution is 5.82. The Kier molecular flexibility index (Phi) is 6.02. The molecule has 1 aliphatic rings. The summed E-state index contributed by atoms with van der Waals surface area (Å²) in [6, 6.07) is 3.84. The molecule has 3 rings (SSSR count). The first-order valence-electron chi connectivity index (χ1n) is 10.7. The molecule has 7 nitrogen and oxygen atoms in total. The number of aromatic amines is 1. The Hall–Kier alpha value is -2.67. The summed E-state index contributed by atoms with van der Waals surface area (Å²) in [5.41, 5.74) is 1.59. The van der Waals surface area contributed by atoms with E-state index in [-0.39, 0.29) is 22.5 Å². The Morgan fingerprint density at radius 2 is 1.77 bits per heavy atom. The number of aryl methyl sites for hydroxylation is 3. The summed E-state index contributed by atoms with van der Waals surface area (Å²) in [5, 5.41) is 21.1. The topological polar surface area (TPSA) is 108 Å². The van der Waals surface area contributed by atoms with Gasteiger partial charge in [0.1, 0.15) is 5.56 Å². The zero-order valence-corrected chi connectivity index (χ0v) is 19.2. The van der Waals surface area contributed by atoms with Gasteiger partial charge in [0, 0.05) is 12.8 Å². The molecule has 0 unspecified atom stereocenters. The maximum absolute atomic E-state index is 12.6. The summed E-state index contributed by atoms with van der Waals surface area (Å²) in [5.74, 6) is -0.429. The van der Waals surface area contributed by atoms with E-state index < -0.39 is 17.1 Å². The van der Waals surface area contributed by atoms with Crippen LogP contribution in [0.2, 0.25) is 0 Å². The van der Waals surface area contributed by atoms with E-state index in [0.717, 1.165) is 34.1 Å². The van der Waals surface area contributed by atoms with E-state index in [1.54, 1.807) is 0 Å². The minimum absolute atomic E-state index is 0.00920. The van der Waals surface area contributed by atoms with Gasteiger partial charge in [-0.1, -0.05) is 38.5 Å². The highest BCUT2D eigenvalue weighted by atomic mass is 16.3. The molecule has 0 radical (unpaired) electrons. The van der Waals surface area contributed by atoms with Crippen LogP contribution in [0.1, 0.15) is 62.3 Å². The molecule has 1 heterocycles. The van der Waals surface area contributed by atoms with Crippen molar-refractivity contribution in [2.24, 2.45) is 15.8 Å².